The number of unbranched alkanes of at least 4 members (excludes halogenated alkanes) is 4. The van der Waals surface area contributed by atoms with E-state index >= 15 is 0 Å². The number of hydrogen-bond acceptors (Lipinski definition) is 9. The minimum Gasteiger partial charge on any atom is -0.458 e. The van der Waals surface area contributed by atoms with E-state index in [1.165, 1.54) is 11.0 Å². The molecule has 248 valence electrons. The number of nitrogens with one attached hydrogen (secondary N) is 1. The van der Waals surface area contributed by atoms with Crippen LogP contribution in [0.4, 0.5) is 0 Å². The predicted octanol–water partition coefficient (Wildman–Crippen LogP) is 3.34. The van der Waals surface area contributed by atoms with E-state index in [2.05, 4.69) is 19.2 Å². The molecule has 4 aliphatic rings. The molecule has 4 fully saturated rings. The standard InChI is InChI=1S/C34H49N3O8/c1-5-7-11-17-33(18-12-8-6-2)43-27-25-21-34(32(41)35-19-20-38)29(31(40)42-25)37(45-30(34)28(27)44-33)22-24-14-10-9-13-23(24)15-16-26(39)36(3)4/h9-10,13-16,25,27-30,38H,5-8,11-12,17-22H2,1-4H3,(H,35,41). The molecule has 3 saturated heterocycles. The third-order valence-electron chi connectivity index (χ3n) is 9.62. The number of amides is 2. The van der Waals surface area contributed by atoms with Crippen molar-refractivity contribution in [1.82, 2.24) is 15.3 Å². The molecular formula is C34H49N3O8. The first kappa shape index (κ1) is 33.5. The van der Waals surface area contributed by atoms with Crippen LogP contribution >= 0.6 is 0 Å². The molecule has 1 aromatic rings. The van der Waals surface area contributed by atoms with Gasteiger partial charge in [-0.05, 0) is 30.0 Å². The molecule has 3 heterocycles. The van der Waals surface area contributed by atoms with Crippen LogP contribution in [0, 0.1) is 5.41 Å². The molecule has 1 aliphatic carbocycles. The summed E-state index contributed by atoms with van der Waals surface area (Å²) in [5.41, 5.74) is 0.304. The molecule has 0 radical (unpaired) electrons. The molecule has 3 aliphatic heterocycles. The molecule has 11 nitrogen and oxygen atoms in total. The number of aliphatic hydroxyl groups excluding tert-OH is 1. The molecule has 2 amide bonds. The van der Waals surface area contributed by atoms with Gasteiger partial charge >= 0.3 is 5.97 Å². The molecule has 1 saturated carbocycles. The number of hydrogen-bond donors (Lipinski definition) is 2. The predicted molar refractivity (Wildman–Crippen MR) is 166 cm³/mol. The van der Waals surface area contributed by atoms with Crippen LogP contribution in [-0.2, 0) is 40.0 Å². The third kappa shape index (κ3) is 6.55. The summed E-state index contributed by atoms with van der Waals surface area (Å²) < 4.78 is 19.7. The van der Waals surface area contributed by atoms with E-state index in [1.54, 1.807) is 25.2 Å². The number of benzene rings is 1. The van der Waals surface area contributed by atoms with Crippen LogP contribution in [0.3, 0.4) is 0 Å². The number of nitrogens with zero attached hydrogens (tertiary/aromatic N) is 2. The number of esters is 1. The number of aliphatic hydroxyl groups is 1. The number of fused-ring (bicyclic) bond motifs is 4. The molecule has 1 aromatic carbocycles. The first-order valence-corrected chi connectivity index (χ1v) is 16.6. The quantitative estimate of drug-likeness (QED) is 0.171. The van der Waals surface area contributed by atoms with Gasteiger partial charge in [0.2, 0.25) is 11.8 Å². The molecule has 2 bridgehead atoms. The van der Waals surface area contributed by atoms with Gasteiger partial charge in [0.1, 0.15) is 29.8 Å². The summed E-state index contributed by atoms with van der Waals surface area (Å²) in [5, 5.41) is 13.9. The van der Waals surface area contributed by atoms with Crippen molar-refractivity contribution in [3.63, 3.8) is 0 Å². The highest BCUT2D eigenvalue weighted by Crippen LogP contribution is 2.58. The Morgan fingerprint density at radius 3 is 2.42 bits per heavy atom. The van der Waals surface area contributed by atoms with Crippen molar-refractivity contribution in [2.75, 3.05) is 27.2 Å². The van der Waals surface area contributed by atoms with Crippen molar-refractivity contribution in [2.45, 2.75) is 114 Å². The summed E-state index contributed by atoms with van der Waals surface area (Å²) in [6.07, 6.45) is 8.36. The largest absolute Gasteiger partial charge is 0.458 e. The fourth-order valence-electron chi connectivity index (χ4n) is 7.35. The van der Waals surface area contributed by atoms with Crippen molar-refractivity contribution in [2.24, 2.45) is 5.41 Å². The molecule has 45 heavy (non-hydrogen) atoms. The van der Waals surface area contributed by atoms with Crippen LogP contribution in [0.5, 0.6) is 0 Å². The van der Waals surface area contributed by atoms with Crippen molar-refractivity contribution in [1.29, 1.82) is 0 Å². The van der Waals surface area contributed by atoms with Crippen molar-refractivity contribution in [3.05, 3.63) is 41.5 Å². The molecule has 2 N–H and O–H groups in total. The van der Waals surface area contributed by atoms with E-state index in [9.17, 15) is 19.5 Å². The van der Waals surface area contributed by atoms with Gasteiger partial charge < -0.3 is 29.5 Å². The molecular weight excluding hydrogens is 578 g/mol. The van der Waals surface area contributed by atoms with Crippen molar-refractivity contribution in [3.8, 4) is 0 Å². The van der Waals surface area contributed by atoms with Crippen LogP contribution in [0.15, 0.2) is 30.3 Å². The zero-order valence-electron chi connectivity index (χ0n) is 27.0. The summed E-state index contributed by atoms with van der Waals surface area (Å²) in [6, 6.07) is 6.53. The van der Waals surface area contributed by atoms with Crippen molar-refractivity contribution >= 4 is 23.9 Å². The molecule has 0 spiro atoms. The lowest BCUT2D eigenvalue weighted by atomic mass is 9.62. The molecule has 6 atom stereocenters. The van der Waals surface area contributed by atoms with Crippen LogP contribution in [-0.4, -0.2) is 96.3 Å². The fraction of sp³-hybridized carbons (Fsp3) is 0.676. The highest BCUT2D eigenvalue weighted by atomic mass is 16.8. The average molecular weight is 628 g/mol. The lowest BCUT2D eigenvalue weighted by Crippen LogP contribution is -2.69. The zero-order chi connectivity index (χ0) is 32.2. The summed E-state index contributed by atoms with van der Waals surface area (Å²) in [5.74, 6) is -1.90. The smallest absolute Gasteiger partial charge is 0.327 e. The number of rotatable bonds is 15. The lowest BCUT2D eigenvalue weighted by Gasteiger charge is -2.48. The second kappa shape index (κ2) is 14.3. The number of carbonyl (C=O) groups excluding carboxylic acids is 3. The monoisotopic (exact) mass is 627 g/mol. The molecule has 0 aromatic heterocycles. The molecule has 5 rings (SSSR count). The van der Waals surface area contributed by atoms with Gasteiger partial charge in [-0.2, -0.15) is 5.06 Å². The Hall–Kier alpha value is -2.83. The van der Waals surface area contributed by atoms with E-state index in [0.29, 0.717) is 12.8 Å². The van der Waals surface area contributed by atoms with Gasteiger partial charge in [0.25, 0.3) is 0 Å². The highest BCUT2D eigenvalue weighted by molar-refractivity contribution is 5.94. The van der Waals surface area contributed by atoms with Gasteiger partial charge in [-0.1, -0.05) is 63.8 Å². The highest BCUT2D eigenvalue weighted by Gasteiger charge is 2.76. The van der Waals surface area contributed by atoms with Crippen LogP contribution < -0.4 is 5.32 Å². The van der Waals surface area contributed by atoms with Crippen molar-refractivity contribution < 1.29 is 38.5 Å². The number of hydroxylamine groups is 2. The second-order valence-corrected chi connectivity index (χ2v) is 13.0. The Morgan fingerprint density at radius 2 is 1.76 bits per heavy atom. The fourth-order valence-corrected chi connectivity index (χ4v) is 7.35. The number of ether oxygens (including phenoxy) is 3. The Morgan fingerprint density at radius 1 is 1.07 bits per heavy atom. The van der Waals surface area contributed by atoms with Gasteiger partial charge in [-0.15, -0.1) is 0 Å². The Labute approximate surface area is 266 Å². The second-order valence-electron chi connectivity index (χ2n) is 13.0. The van der Waals surface area contributed by atoms with Crippen LogP contribution in [0.25, 0.3) is 6.08 Å². The van der Waals surface area contributed by atoms with Gasteiger partial charge in [0, 0.05) is 46.0 Å². The Bertz CT molecular complexity index is 1240. The van der Waals surface area contributed by atoms with E-state index in [1.807, 2.05) is 24.3 Å². The first-order chi connectivity index (χ1) is 21.7. The molecule has 6 unspecified atom stereocenters. The molecule has 11 heteroatoms. The average Bonchev–Trinajstić information content (AvgIpc) is 3.58. The Balaban J connectivity index is 1.50. The maximum Gasteiger partial charge on any atom is 0.327 e. The van der Waals surface area contributed by atoms with Crippen LogP contribution in [0.2, 0.25) is 0 Å². The Kier molecular flexibility index (Phi) is 10.7. The topological polar surface area (TPSA) is 127 Å². The third-order valence-corrected chi connectivity index (χ3v) is 9.62. The SMILES string of the molecule is CCCCCC1(CCCCC)OC2C3CC4(C(=O)NCCO)C(ON(Cc5ccccc5C=CC(=O)N(C)C)C4C(=O)O3)C2O1. The minimum absolute atomic E-state index is 0.0523. The number of likely N-dealkylation sites (N-methyl/N-ethyl adjacent to an activating group) is 1. The summed E-state index contributed by atoms with van der Waals surface area (Å²) in [4.78, 5) is 48.4. The van der Waals surface area contributed by atoms with E-state index in [0.717, 1.165) is 49.7 Å². The maximum atomic E-state index is 14.1. The normalized spacial score (nSPS) is 29.9. The summed E-state index contributed by atoms with van der Waals surface area (Å²) >= 11 is 0. The van der Waals surface area contributed by atoms with Crippen LogP contribution in [0.1, 0.15) is 82.8 Å². The summed E-state index contributed by atoms with van der Waals surface area (Å²) in [7, 11) is 3.37. The maximum absolute atomic E-state index is 14.1. The van der Waals surface area contributed by atoms with Gasteiger partial charge in [0.15, 0.2) is 11.8 Å². The van der Waals surface area contributed by atoms with Gasteiger partial charge in [-0.3, -0.25) is 19.2 Å². The first-order valence-electron chi connectivity index (χ1n) is 16.6. The van der Waals surface area contributed by atoms with E-state index in [4.69, 9.17) is 19.0 Å². The van der Waals surface area contributed by atoms with E-state index < -0.39 is 47.6 Å². The van der Waals surface area contributed by atoms with Gasteiger partial charge in [0.05, 0.1) is 13.2 Å². The van der Waals surface area contributed by atoms with E-state index in [-0.39, 0.29) is 37.9 Å². The van der Waals surface area contributed by atoms with Gasteiger partial charge in [-0.25, -0.2) is 0 Å². The summed E-state index contributed by atoms with van der Waals surface area (Å²) in [6.45, 7) is 4.31. The zero-order valence-corrected chi connectivity index (χ0v) is 27.0. The minimum atomic E-state index is -1.30. The lowest BCUT2D eigenvalue weighted by molar-refractivity contribution is -0.224. The number of carbonyl (C=O) groups is 3.